The third kappa shape index (κ3) is 4.12. The van der Waals surface area contributed by atoms with Crippen LogP contribution in [0.15, 0.2) is 30.3 Å². The third-order valence-electron chi connectivity index (χ3n) is 2.69. The Labute approximate surface area is 114 Å². The molecule has 0 atom stereocenters. The largest absolute Gasteiger partial charge is 0.416 e. The molecule has 1 aromatic rings. The average molecular weight is 282 g/mol. The summed E-state index contributed by atoms with van der Waals surface area (Å²) in [5.74, 6) is -0.371. The van der Waals surface area contributed by atoms with Crippen LogP contribution in [0.2, 0.25) is 0 Å². The predicted octanol–water partition coefficient (Wildman–Crippen LogP) is 3.09. The van der Waals surface area contributed by atoms with Crippen LogP contribution in [0, 0.1) is 11.3 Å². The molecular weight excluding hydrogens is 269 g/mol. The quantitative estimate of drug-likeness (QED) is 0.631. The van der Waals surface area contributed by atoms with Gasteiger partial charge in [0.05, 0.1) is 11.6 Å². The van der Waals surface area contributed by atoms with Crippen LogP contribution >= 0.6 is 0 Å². The number of benzene rings is 1. The molecule has 0 spiro atoms. The van der Waals surface area contributed by atoms with Gasteiger partial charge in [-0.3, -0.25) is 4.79 Å². The van der Waals surface area contributed by atoms with E-state index in [2.05, 4.69) is 0 Å². The van der Waals surface area contributed by atoms with Gasteiger partial charge in [-0.05, 0) is 30.2 Å². The van der Waals surface area contributed by atoms with E-state index in [0.29, 0.717) is 11.1 Å². The second-order valence-electron chi connectivity index (χ2n) is 4.25. The lowest BCUT2D eigenvalue weighted by Gasteiger charge is -2.11. The van der Waals surface area contributed by atoms with E-state index in [1.54, 1.807) is 6.92 Å². The van der Waals surface area contributed by atoms with Crippen molar-refractivity contribution in [3.05, 3.63) is 41.5 Å². The molecule has 1 aromatic carbocycles. The number of hydrogen-bond donors (Lipinski definition) is 0. The first-order valence-corrected chi connectivity index (χ1v) is 5.73. The van der Waals surface area contributed by atoms with E-state index in [4.69, 9.17) is 5.26 Å². The summed E-state index contributed by atoms with van der Waals surface area (Å²) in [4.78, 5) is 12.9. The van der Waals surface area contributed by atoms with Crippen molar-refractivity contribution >= 4 is 11.5 Å². The molecule has 0 N–H and O–H groups in total. The Morgan fingerprint density at radius 3 is 2.35 bits per heavy atom. The maximum Gasteiger partial charge on any atom is 0.416 e. The molecule has 3 nitrogen and oxygen atoms in total. The van der Waals surface area contributed by atoms with E-state index in [9.17, 15) is 18.0 Å². The molecule has 6 heteroatoms. The Kier molecular flexibility index (Phi) is 4.92. The molecule has 0 aliphatic rings. The van der Waals surface area contributed by atoms with Crippen LogP contribution < -0.4 is 0 Å². The van der Waals surface area contributed by atoms with E-state index in [1.165, 1.54) is 30.2 Å². The van der Waals surface area contributed by atoms with Gasteiger partial charge in [-0.1, -0.05) is 12.1 Å². The van der Waals surface area contributed by atoms with Crippen molar-refractivity contribution in [2.75, 3.05) is 13.6 Å². The summed E-state index contributed by atoms with van der Waals surface area (Å²) in [7, 11) is 1.47. The Balaban J connectivity index is 2.90. The van der Waals surface area contributed by atoms with Gasteiger partial charge in [0.2, 0.25) is 5.91 Å². The van der Waals surface area contributed by atoms with Crippen LogP contribution in [0.3, 0.4) is 0 Å². The number of likely N-dealkylation sites (N-methyl/N-ethyl adjacent to an activating group) is 1. The van der Waals surface area contributed by atoms with E-state index < -0.39 is 11.7 Å². The van der Waals surface area contributed by atoms with Gasteiger partial charge in [0.25, 0.3) is 0 Å². The highest BCUT2D eigenvalue weighted by Gasteiger charge is 2.29. The maximum absolute atomic E-state index is 12.4. The van der Waals surface area contributed by atoms with Gasteiger partial charge in [-0.25, -0.2) is 0 Å². The van der Waals surface area contributed by atoms with Gasteiger partial charge >= 0.3 is 6.18 Å². The molecule has 1 amide bonds. The predicted molar refractivity (Wildman–Crippen MR) is 68.3 cm³/mol. The van der Waals surface area contributed by atoms with E-state index in [0.717, 1.165) is 12.1 Å². The zero-order chi connectivity index (χ0) is 15.3. The van der Waals surface area contributed by atoms with Gasteiger partial charge in [0.1, 0.15) is 6.54 Å². The molecule has 0 saturated carbocycles. The zero-order valence-corrected chi connectivity index (χ0v) is 11.0. The summed E-state index contributed by atoms with van der Waals surface area (Å²) in [5.41, 5.74) is 0.326. The summed E-state index contributed by atoms with van der Waals surface area (Å²) >= 11 is 0. The fraction of sp³-hybridized carbons (Fsp3) is 0.286. The molecule has 0 radical (unpaired) electrons. The monoisotopic (exact) mass is 282 g/mol. The van der Waals surface area contributed by atoms with Crippen molar-refractivity contribution in [2.24, 2.45) is 0 Å². The molecule has 0 fully saturated rings. The fourth-order valence-electron chi connectivity index (χ4n) is 1.48. The van der Waals surface area contributed by atoms with E-state index >= 15 is 0 Å². The van der Waals surface area contributed by atoms with Crippen molar-refractivity contribution in [3.63, 3.8) is 0 Å². The third-order valence-corrected chi connectivity index (χ3v) is 2.69. The van der Waals surface area contributed by atoms with Crippen molar-refractivity contribution < 1.29 is 18.0 Å². The van der Waals surface area contributed by atoms with E-state index in [-0.39, 0.29) is 12.5 Å². The van der Waals surface area contributed by atoms with Crippen molar-refractivity contribution in [1.29, 1.82) is 5.26 Å². The summed E-state index contributed by atoms with van der Waals surface area (Å²) < 4.78 is 37.2. The highest BCUT2D eigenvalue weighted by atomic mass is 19.4. The molecule has 106 valence electrons. The molecule has 0 bridgehead atoms. The summed E-state index contributed by atoms with van der Waals surface area (Å²) in [6, 6.07) is 6.40. The fourth-order valence-corrected chi connectivity index (χ4v) is 1.48. The van der Waals surface area contributed by atoms with Crippen LogP contribution in [0.1, 0.15) is 18.1 Å². The number of carbonyl (C=O) groups is 1. The Hall–Kier alpha value is -2.29. The lowest BCUT2D eigenvalue weighted by Crippen LogP contribution is -2.25. The highest BCUT2D eigenvalue weighted by Crippen LogP contribution is 2.29. The topological polar surface area (TPSA) is 44.1 Å². The number of nitriles is 1. The molecule has 0 aliphatic carbocycles. The van der Waals surface area contributed by atoms with Crippen molar-refractivity contribution in [2.45, 2.75) is 13.1 Å². The second-order valence-corrected chi connectivity index (χ2v) is 4.25. The van der Waals surface area contributed by atoms with Gasteiger partial charge < -0.3 is 4.90 Å². The first-order valence-electron chi connectivity index (χ1n) is 5.73. The van der Waals surface area contributed by atoms with Crippen LogP contribution in [0.4, 0.5) is 13.2 Å². The SMILES string of the molecule is CC(=CC(=O)N(C)CC#N)c1ccc(C(F)(F)F)cc1. The van der Waals surface area contributed by atoms with Gasteiger partial charge in [0, 0.05) is 13.1 Å². The molecule has 0 saturated heterocycles. The number of rotatable bonds is 3. The molecular formula is C14H13F3N2O. The number of amides is 1. The standard InChI is InChI=1S/C14H13F3N2O/c1-10(9-13(20)19(2)8-7-18)11-3-5-12(6-4-11)14(15,16)17/h3-6,9H,8H2,1-2H3. The van der Waals surface area contributed by atoms with Crippen LogP contribution in [0.25, 0.3) is 5.57 Å². The molecule has 1 rings (SSSR count). The summed E-state index contributed by atoms with van der Waals surface area (Å²) in [6.45, 7) is 1.58. The van der Waals surface area contributed by atoms with Crippen LogP contribution in [0.5, 0.6) is 0 Å². The van der Waals surface area contributed by atoms with E-state index in [1.807, 2.05) is 6.07 Å². The first kappa shape index (κ1) is 15.8. The average Bonchev–Trinajstić information content (AvgIpc) is 2.38. The summed E-state index contributed by atoms with van der Waals surface area (Å²) in [6.07, 6.45) is -3.08. The first-order chi connectivity index (χ1) is 9.25. The minimum atomic E-state index is -4.38. The molecule has 0 unspecified atom stereocenters. The minimum absolute atomic E-state index is 0.0460. The maximum atomic E-state index is 12.4. The molecule has 0 aliphatic heterocycles. The molecule has 0 aromatic heterocycles. The Morgan fingerprint density at radius 2 is 1.90 bits per heavy atom. The van der Waals surface area contributed by atoms with Crippen molar-refractivity contribution in [1.82, 2.24) is 4.90 Å². The van der Waals surface area contributed by atoms with Crippen molar-refractivity contribution in [3.8, 4) is 6.07 Å². The van der Waals surface area contributed by atoms with Gasteiger partial charge in [-0.2, -0.15) is 18.4 Å². The van der Waals surface area contributed by atoms with Gasteiger partial charge in [0.15, 0.2) is 0 Å². The zero-order valence-electron chi connectivity index (χ0n) is 11.0. The number of halogens is 3. The number of hydrogen-bond acceptors (Lipinski definition) is 2. The highest BCUT2D eigenvalue weighted by molar-refractivity contribution is 5.94. The number of alkyl halides is 3. The second kappa shape index (κ2) is 6.24. The summed E-state index contributed by atoms with van der Waals surface area (Å²) in [5, 5.41) is 8.47. The van der Waals surface area contributed by atoms with Gasteiger partial charge in [-0.15, -0.1) is 0 Å². The van der Waals surface area contributed by atoms with Crippen LogP contribution in [-0.2, 0) is 11.0 Å². The lowest BCUT2D eigenvalue weighted by atomic mass is 10.0. The minimum Gasteiger partial charge on any atom is -0.329 e. The normalized spacial score (nSPS) is 11.9. The lowest BCUT2D eigenvalue weighted by molar-refractivity contribution is -0.137. The number of nitrogens with zero attached hydrogens (tertiary/aromatic N) is 2. The number of allylic oxidation sites excluding steroid dienone is 1. The smallest absolute Gasteiger partial charge is 0.329 e. The number of carbonyl (C=O) groups excluding carboxylic acids is 1. The molecule has 0 heterocycles. The Morgan fingerprint density at radius 1 is 1.35 bits per heavy atom. The Bertz CT molecular complexity index is 553. The van der Waals surface area contributed by atoms with Crippen LogP contribution in [-0.4, -0.2) is 24.4 Å². The molecule has 20 heavy (non-hydrogen) atoms.